The van der Waals surface area contributed by atoms with Crippen LogP contribution in [0.25, 0.3) is 22.6 Å². The van der Waals surface area contributed by atoms with E-state index >= 15 is 0 Å². The topological polar surface area (TPSA) is 96.7 Å². The summed E-state index contributed by atoms with van der Waals surface area (Å²) in [6.45, 7) is 0. The van der Waals surface area contributed by atoms with E-state index < -0.39 is 0 Å². The third-order valence-corrected chi connectivity index (χ3v) is 5.99. The molecule has 4 atom stereocenters. The highest BCUT2D eigenvalue weighted by molar-refractivity contribution is 6.34. The second-order valence-electron chi connectivity index (χ2n) is 7.29. The molecular weight excluding hydrogens is 381 g/mol. The number of benzene rings is 1. The lowest BCUT2D eigenvalue weighted by molar-refractivity contribution is -0.122. The minimum Gasteiger partial charge on any atom is -0.378 e. The van der Waals surface area contributed by atoms with Gasteiger partial charge < -0.3 is 16.0 Å². The monoisotopic (exact) mass is 397 g/mol. The lowest BCUT2D eigenvalue weighted by Gasteiger charge is -2.28. The Morgan fingerprint density at radius 3 is 2.86 bits per heavy atom. The van der Waals surface area contributed by atoms with Gasteiger partial charge in [0.15, 0.2) is 5.65 Å². The van der Waals surface area contributed by atoms with Gasteiger partial charge >= 0.3 is 0 Å². The zero-order chi connectivity index (χ0) is 19.4. The number of amides is 1. The van der Waals surface area contributed by atoms with Gasteiger partial charge in [-0.15, -0.1) is 0 Å². The van der Waals surface area contributed by atoms with Crippen LogP contribution in [-0.2, 0) is 4.79 Å². The van der Waals surface area contributed by atoms with Gasteiger partial charge in [-0.2, -0.15) is 0 Å². The standard InChI is InChI=1S/C20H17ClFN5O/c21-12-8-24-20-17(26-19(27-20)11-3-1-2-4-13(11)22)16(12)25-15-10-6-5-9(7-10)14(15)18(23)28/h1-6,8-10,14-15H,7H2,(H2,23,28)(H2,24,25,26,27)/t9-,10-,14+,15-/m1/s1. The Morgan fingerprint density at radius 1 is 1.29 bits per heavy atom. The average Bonchev–Trinajstić information content (AvgIpc) is 3.38. The van der Waals surface area contributed by atoms with Gasteiger partial charge in [0.1, 0.15) is 17.2 Å². The molecular formula is C20H17ClFN5O. The van der Waals surface area contributed by atoms with Crippen molar-refractivity contribution < 1.29 is 9.18 Å². The maximum absolute atomic E-state index is 14.2. The van der Waals surface area contributed by atoms with E-state index in [0.29, 0.717) is 33.3 Å². The highest BCUT2D eigenvalue weighted by Gasteiger charge is 2.47. The van der Waals surface area contributed by atoms with Gasteiger partial charge in [0.25, 0.3) is 0 Å². The molecule has 0 unspecified atom stereocenters. The summed E-state index contributed by atoms with van der Waals surface area (Å²) in [4.78, 5) is 23.8. The summed E-state index contributed by atoms with van der Waals surface area (Å²) in [6, 6.07) is 6.23. The lowest BCUT2D eigenvalue weighted by atomic mass is 9.88. The summed E-state index contributed by atoms with van der Waals surface area (Å²) in [5.41, 5.74) is 7.59. The van der Waals surface area contributed by atoms with Crippen molar-refractivity contribution in [1.29, 1.82) is 0 Å². The Kier molecular flexibility index (Phi) is 3.87. The van der Waals surface area contributed by atoms with Crippen LogP contribution in [0.15, 0.2) is 42.6 Å². The predicted molar refractivity (Wildman–Crippen MR) is 105 cm³/mol. The molecule has 2 heterocycles. The van der Waals surface area contributed by atoms with E-state index in [0.717, 1.165) is 6.42 Å². The molecule has 0 spiro atoms. The molecule has 0 aliphatic heterocycles. The molecule has 1 amide bonds. The van der Waals surface area contributed by atoms with Crippen LogP contribution in [0.5, 0.6) is 0 Å². The highest BCUT2D eigenvalue weighted by Crippen LogP contribution is 2.46. The van der Waals surface area contributed by atoms with Gasteiger partial charge in [0.05, 0.1) is 28.4 Å². The molecule has 0 radical (unpaired) electrons. The molecule has 6 nitrogen and oxygen atoms in total. The van der Waals surface area contributed by atoms with Crippen LogP contribution in [0.3, 0.4) is 0 Å². The number of anilines is 1. The first-order valence-electron chi connectivity index (χ1n) is 9.06. The predicted octanol–water partition coefficient (Wildman–Crippen LogP) is 3.51. The van der Waals surface area contributed by atoms with Gasteiger partial charge in [-0.3, -0.25) is 4.79 Å². The summed E-state index contributed by atoms with van der Waals surface area (Å²) in [6.07, 6.45) is 6.57. The molecule has 1 saturated carbocycles. The number of fused-ring (bicyclic) bond motifs is 3. The summed E-state index contributed by atoms with van der Waals surface area (Å²) in [5.74, 6) is -0.294. The first kappa shape index (κ1) is 17.2. The summed E-state index contributed by atoms with van der Waals surface area (Å²) in [7, 11) is 0. The van der Waals surface area contributed by atoms with Crippen molar-refractivity contribution in [3.05, 3.63) is 53.5 Å². The second kappa shape index (κ2) is 6.31. The van der Waals surface area contributed by atoms with Gasteiger partial charge in [-0.1, -0.05) is 35.9 Å². The zero-order valence-electron chi connectivity index (χ0n) is 14.7. The number of primary amides is 1. The number of nitrogens with two attached hydrogens (primary N) is 1. The Balaban J connectivity index is 1.58. The van der Waals surface area contributed by atoms with Crippen LogP contribution in [0, 0.1) is 23.6 Å². The first-order chi connectivity index (χ1) is 13.5. The number of nitrogens with one attached hydrogen (secondary N) is 2. The van der Waals surface area contributed by atoms with Gasteiger partial charge in [0, 0.05) is 6.04 Å². The van der Waals surface area contributed by atoms with Crippen molar-refractivity contribution in [2.75, 3.05) is 5.32 Å². The molecule has 8 heteroatoms. The number of halogens is 2. The SMILES string of the molecule is NC(=O)[C@@H]1[C@H](Nc2c(Cl)cnc3nc(-c4ccccc4F)[nH]c23)[C@@H]2C=C[C@@H]1C2. The molecule has 2 aliphatic rings. The number of imidazole rings is 1. The van der Waals surface area contributed by atoms with Crippen LogP contribution >= 0.6 is 11.6 Å². The Hall–Kier alpha value is -2.93. The lowest BCUT2D eigenvalue weighted by Crippen LogP contribution is -2.41. The molecule has 1 aromatic carbocycles. The quantitative estimate of drug-likeness (QED) is 0.587. The number of aromatic nitrogens is 3. The van der Waals surface area contributed by atoms with E-state index in [1.165, 1.54) is 12.3 Å². The van der Waals surface area contributed by atoms with E-state index in [-0.39, 0.29) is 35.5 Å². The summed E-state index contributed by atoms with van der Waals surface area (Å²) >= 11 is 6.42. The molecule has 1 fully saturated rings. The molecule has 0 saturated heterocycles. The number of carbonyl (C=O) groups excluding carboxylic acids is 1. The number of nitrogens with zero attached hydrogens (tertiary/aromatic N) is 2. The van der Waals surface area contributed by atoms with Gasteiger partial charge in [-0.25, -0.2) is 14.4 Å². The molecule has 2 aromatic heterocycles. The van der Waals surface area contributed by atoms with Crippen molar-refractivity contribution in [3.8, 4) is 11.4 Å². The van der Waals surface area contributed by atoms with Crippen molar-refractivity contribution in [3.63, 3.8) is 0 Å². The average molecular weight is 398 g/mol. The molecule has 2 bridgehead atoms. The fourth-order valence-electron chi connectivity index (χ4n) is 4.43. The normalized spacial score (nSPS) is 25.5. The molecule has 28 heavy (non-hydrogen) atoms. The summed E-state index contributed by atoms with van der Waals surface area (Å²) < 4.78 is 14.2. The second-order valence-corrected chi connectivity index (χ2v) is 7.70. The fourth-order valence-corrected chi connectivity index (χ4v) is 4.63. The Morgan fingerprint density at radius 2 is 2.07 bits per heavy atom. The number of allylic oxidation sites excluding steroid dienone is 1. The molecule has 4 N–H and O–H groups in total. The van der Waals surface area contributed by atoms with Crippen LogP contribution in [0.4, 0.5) is 10.1 Å². The van der Waals surface area contributed by atoms with E-state index in [2.05, 4.69) is 32.4 Å². The van der Waals surface area contributed by atoms with Crippen LogP contribution in [0.2, 0.25) is 5.02 Å². The largest absolute Gasteiger partial charge is 0.378 e. The summed E-state index contributed by atoms with van der Waals surface area (Å²) in [5, 5.41) is 3.80. The smallest absolute Gasteiger partial charge is 0.223 e. The number of aromatic amines is 1. The Labute approximate surface area is 165 Å². The van der Waals surface area contributed by atoms with Crippen molar-refractivity contribution in [2.45, 2.75) is 12.5 Å². The maximum Gasteiger partial charge on any atom is 0.223 e. The number of rotatable bonds is 4. The highest BCUT2D eigenvalue weighted by atomic mass is 35.5. The fraction of sp³-hybridized carbons (Fsp3) is 0.250. The first-order valence-corrected chi connectivity index (χ1v) is 9.44. The molecule has 3 aromatic rings. The zero-order valence-corrected chi connectivity index (χ0v) is 15.4. The van der Waals surface area contributed by atoms with Crippen molar-refractivity contribution in [2.24, 2.45) is 23.5 Å². The molecule has 5 rings (SSSR count). The third kappa shape index (κ3) is 2.57. The minimum absolute atomic E-state index is 0.145. The van der Waals surface area contributed by atoms with Crippen LogP contribution in [0.1, 0.15) is 6.42 Å². The van der Waals surface area contributed by atoms with E-state index in [9.17, 15) is 9.18 Å². The number of hydrogen-bond acceptors (Lipinski definition) is 4. The number of pyridine rings is 1. The van der Waals surface area contributed by atoms with E-state index in [1.807, 2.05) is 0 Å². The van der Waals surface area contributed by atoms with Crippen LogP contribution < -0.4 is 11.1 Å². The minimum atomic E-state index is -0.380. The van der Waals surface area contributed by atoms with Gasteiger partial charge in [0.2, 0.25) is 5.91 Å². The van der Waals surface area contributed by atoms with Crippen molar-refractivity contribution >= 4 is 34.4 Å². The number of H-pyrrole nitrogens is 1. The molecule has 142 valence electrons. The van der Waals surface area contributed by atoms with Crippen LogP contribution in [-0.4, -0.2) is 26.9 Å². The third-order valence-electron chi connectivity index (χ3n) is 5.70. The number of carbonyl (C=O) groups is 1. The maximum atomic E-state index is 14.2. The van der Waals surface area contributed by atoms with E-state index in [1.54, 1.807) is 18.2 Å². The van der Waals surface area contributed by atoms with Gasteiger partial charge in [-0.05, 0) is 30.4 Å². The number of hydrogen-bond donors (Lipinski definition) is 3. The molecule has 2 aliphatic carbocycles. The van der Waals surface area contributed by atoms with E-state index in [4.69, 9.17) is 17.3 Å². The van der Waals surface area contributed by atoms with Crippen molar-refractivity contribution in [1.82, 2.24) is 15.0 Å². The Bertz CT molecular complexity index is 1130.